The van der Waals surface area contributed by atoms with E-state index in [1.54, 1.807) is 0 Å². The normalized spacial score (nSPS) is 15.7. The second-order valence-electron chi connectivity index (χ2n) is 4.17. The van der Waals surface area contributed by atoms with Crippen LogP contribution >= 0.6 is 15.9 Å². The van der Waals surface area contributed by atoms with Crippen molar-refractivity contribution in [2.75, 3.05) is 6.61 Å². The summed E-state index contributed by atoms with van der Waals surface area (Å²) in [6, 6.07) is 2.89. The lowest BCUT2D eigenvalue weighted by Gasteiger charge is -2.28. The van der Waals surface area contributed by atoms with E-state index in [4.69, 9.17) is 10.6 Å². The quantitative estimate of drug-likeness (QED) is 0.851. The van der Waals surface area contributed by atoms with Crippen molar-refractivity contribution in [1.82, 2.24) is 0 Å². The third-order valence-corrected chi connectivity index (χ3v) is 3.50. The Kier molecular flexibility index (Phi) is 4.36. The largest absolute Gasteiger partial charge is 0.489 e. The SMILES string of the molecule is NOCCc1cc(F)cc(Br)c1OC1CCC1. The summed E-state index contributed by atoms with van der Waals surface area (Å²) < 4.78 is 19.8. The minimum Gasteiger partial charge on any atom is -0.489 e. The molecular weight excluding hydrogens is 289 g/mol. The van der Waals surface area contributed by atoms with Crippen LogP contribution in [-0.4, -0.2) is 12.7 Å². The van der Waals surface area contributed by atoms with Crippen molar-refractivity contribution >= 4 is 15.9 Å². The van der Waals surface area contributed by atoms with Gasteiger partial charge in [-0.3, -0.25) is 0 Å². The van der Waals surface area contributed by atoms with Crippen molar-refractivity contribution in [2.24, 2.45) is 5.90 Å². The van der Waals surface area contributed by atoms with Crippen LogP contribution in [0.1, 0.15) is 24.8 Å². The maximum absolute atomic E-state index is 13.3. The highest BCUT2D eigenvalue weighted by atomic mass is 79.9. The Balaban J connectivity index is 2.19. The van der Waals surface area contributed by atoms with Crippen molar-refractivity contribution in [3.05, 3.63) is 28.0 Å². The van der Waals surface area contributed by atoms with Gasteiger partial charge in [-0.15, -0.1) is 0 Å². The molecular formula is C12H15BrFNO2. The van der Waals surface area contributed by atoms with Crippen LogP contribution in [0.5, 0.6) is 5.75 Å². The van der Waals surface area contributed by atoms with E-state index in [0.717, 1.165) is 18.4 Å². The molecule has 1 aromatic carbocycles. The molecule has 2 rings (SSSR count). The minimum absolute atomic E-state index is 0.259. The third-order valence-electron chi connectivity index (χ3n) is 2.91. The minimum atomic E-state index is -0.287. The van der Waals surface area contributed by atoms with E-state index in [1.807, 2.05) is 0 Å². The number of hydrogen-bond donors (Lipinski definition) is 1. The molecule has 0 saturated heterocycles. The van der Waals surface area contributed by atoms with Gasteiger partial charge in [-0.25, -0.2) is 10.3 Å². The van der Waals surface area contributed by atoms with Crippen LogP contribution in [0.3, 0.4) is 0 Å². The van der Waals surface area contributed by atoms with Gasteiger partial charge in [0.25, 0.3) is 0 Å². The van der Waals surface area contributed by atoms with Crippen LogP contribution in [0.15, 0.2) is 16.6 Å². The second kappa shape index (κ2) is 5.80. The second-order valence-corrected chi connectivity index (χ2v) is 5.02. The molecule has 3 nitrogen and oxygen atoms in total. The van der Waals surface area contributed by atoms with Gasteiger partial charge in [0.15, 0.2) is 0 Å². The van der Waals surface area contributed by atoms with Crippen molar-refractivity contribution in [3.63, 3.8) is 0 Å². The molecule has 0 radical (unpaired) electrons. The van der Waals surface area contributed by atoms with E-state index in [1.165, 1.54) is 18.6 Å². The Morgan fingerprint density at radius 3 is 2.76 bits per heavy atom. The van der Waals surface area contributed by atoms with Crippen LogP contribution in [-0.2, 0) is 11.3 Å². The molecule has 0 heterocycles. The molecule has 94 valence electrons. The van der Waals surface area contributed by atoms with Gasteiger partial charge in [-0.05, 0) is 47.3 Å². The fourth-order valence-electron chi connectivity index (χ4n) is 1.76. The standard InChI is InChI=1S/C12H15BrFNO2/c13-11-7-9(14)6-8(4-5-16-15)12(11)17-10-2-1-3-10/h6-7,10H,1-5,15H2. The Bertz CT molecular complexity index is 396. The van der Waals surface area contributed by atoms with Gasteiger partial charge < -0.3 is 9.57 Å². The van der Waals surface area contributed by atoms with E-state index < -0.39 is 0 Å². The monoisotopic (exact) mass is 303 g/mol. The molecule has 1 aliphatic carbocycles. The Morgan fingerprint density at radius 1 is 1.41 bits per heavy atom. The van der Waals surface area contributed by atoms with Gasteiger partial charge in [-0.1, -0.05) is 0 Å². The van der Waals surface area contributed by atoms with Crippen LogP contribution in [0.2, 0.25) is 0 Å². The maximum Gasteiger partial charge on any atom is 0.137 e. The first kappa shape index (κ1) is 12.8. The van der Waals surface area contributed by atoms with Crippen molar-refractivity contribution in [1.29, 1.82) is 0 Å². The van der Waals surface area contributed by atoms with Crippen LogP contribution in [0.25, 0.3) is 0 Å². The summed E-state index contributed by atoms with van der Waals surface area (Å²) in [6.45, 7) is 0.344. The third kappa shape index (κ3) is 3.18. The summed E-state index contributed by atoms with van der Waals surface area (Å²) in [6.07, 6.45) is 4.13. The molecule has 1 fully saturated rings. The fraction of sp³-hybridized carbons (Fsp3) is 0.500. The molecule has 0 spiro atoms. The number of hydrogen-bond acceptors (Lipinski definition) is 3. The molecule has 0 bridgehead atoms. The number of nitrogens with two attached hydrogens (primary N) is 1. The Morgan fingerprint density at radius 2 is 2.18 bits per heavy atom. The molecule has 17 heavy (non-hydrogen) atoms. The average Bonchev–Trinajstić information content (AvgIpc) is 2.22. The van der Waals surface area contributed by atoms with E-state index >= 15 is 0 Å². The van der Waals surface area contributed by atoms with Crippen molar-refractivity contribution in [2.45, 2.75) is 31.8 Å². The van der Waals surface area contributed by atoms with Gasteiger partial charge in [0.05, 0.1) is 17.2 Å². The van der Waals surface area contributed by atoms with Gasteiger partial charge in [0.1, 0.15) is 11.6 Å². The van der Waals surface area contributed by atoms with Gasteiger partial charge in [-0.2, -0.15) is 0 Å². The zero-order chi connectivity index (χ0) is 12.3. The molecule has 0 amide bonds. The molecule has 0 atom stereocenters. The summed E-state index contributed by atoms with van der Waals surface area (Å²) in [5.74, 6) is 5.42. The van der Waals surface area contributed by atoms with Crippen LogP contribution < -0.4 is 10.6 Å². The molecule has 0 aliphatic heterocycles. The number of ether oxygens (including phenoxy) is 1. The van der Waals surface area contributed by atoms with E-state index in [2.05, 4.69) is 20.8 Å². The Labute approximate surface area is 108 Å². The first-order valence-corrected chi connectivity index (χ1v) is 6.46. The van der Waals surface area contributed by atoms with Crippen molar-refractivity contribution in [3.8, 4) is 5.75 Å². The fourth-order valence-corrected chi connectivity index (χ4v) is 2.32. The summed E-state index contributed by atoms with van der Waals surface area (Å²) in [7, 11) is 0. The van der Waals surface area contributed by atoms with E-state index in [-0.39, 0.29) is 11.9 Å². The first-order valence-electron chi connectivity index (χ1n) is 5.67. The summed E-state index contributed by atoms with van der Waals surface area (Å²) >= 11 is 3.33. The lowest BCUT2D eigenvalue weighted by atomic mass is 9.96. The highest BCUT2D eigenvalue weighted by Gasteiger charge is 2.22. The van der Waals surface area contributed by atoms with Gasteiger partial charge in [0, 0.05) is 12.0 Å². The summed E-state index contributed by atoms with van der Waals surface area (Å²) in [5.41, 5.74) is 0.786. The van der Waals surface area contributed by atoms with Crippen LogP contribution in [0.4, 0.5) is 4.39 Å². The highest BCUT2D eigenvalue weighted by Crippen LogP contribution is 2.35. The molecule has 1 saturated carbocycles. The lowest BCUT2D eigenvalue weighted by Crippen LogP contribution is -2.25. The van der Waals surface area contributed by atoms with Crippen molar-refractivity contribution < 1.29 is 14.0 Å². The molecule has 5 heteroatoms. The van der Waals surface area contributed by atoms with Gasteiger partial charge in [0.2, 0.25) is 0 Å². The zero-order valence-electron chi connectivity index (χ0n) is 9.42. The number of rotatable bonds is 5. The Hall–Kier alpha value is -0.650. The highest BCUT2D eigenvalue weighted by molar-refractivity contribution is 9.10. The molecule has 0 aromatic heterocycles. The first-order chi connectivity index (χ1) is 8.20. The molecule has 1 aliphatic rings. The molecule has 1 aromatic rings. The summed E-state index contributed by atoms with van der Waals surface area (Å²) in [5, 5.41) is 0. The predicted molar refractivity (Wildman–Crippen MR) is 66.2 cm³/mol. The van der Waals surface area contributed by atoms with Crippen LogP contribution in [0, 0.1) is 5.82 Å². The molecule has 2 N–H and O–H groups in total. The smallest absolute Gasteiger partial charge is 0.137 e. The van der Waals surface area contributed by atoms with E-state index in [9.17, 15) is 4.39 Å². The maximum atomic E-state index is 13.3. The van der Waals surface area contributed by atoms with E-state index in [0.29, 0.717) is 23.2 Å². The number of benzene rings is 1. The molecule has 0 unspecified atom stereocenters. The predicted octanol–water partition coefficient (Wildman–Crippen LogP) is 2.95. The zero-order valence-corrected chi connectivity index (χ0v) is 11.0. The van der Waals surface area contributed by atoms with Gasteiger partial charge >= 0.3 is 0 Å². The lowest BCUT2D eigenvalue weighted by molar-refractivity contribution is 0.114. The number of halogens is 2. The summed E-state index contributed by atoms with van der Waals surface area (Å²) in [4.78, 5) is 4.53. The topological polar surface area (TPSA) is 44.5 Å². The average molecular weight is 304 g/mol.